The Hall–Kier alpha value is -1.80. The predicted octanol–water partition coefficient (Wildman–Crippen LogP) is 4.37. The number of nitrogens with zero attached hydrogens (tertiary/aromatic N) is 2. The highest BCUT2D eigenvalue weighted by Crippen LogP contribution is 2.31. The summed E-state index contributed by atoms with van der Waals surface area (Å²) < 4.78 is 2.47. The van der Waals surface area contributed by atoms with Gasteiger partial charge in [-0.3, -0.25) is 0 Å². The fourth-order valence-corrected chi connectivity index (χ4v) is 3.18. The molecule has 0 aliphatic rings. The smallest absolute Gasteiger partial charge is 0.332 e. The maximum atomic E-state index is 12.0. The van der Waals surface area contributed by atoms with Crippen LogP contribution < -0.4 is 4.84 Å². The Morgan fingerprint density at radius 1 is 1.36 bits per heavy atom. The molecule has 0 amide bonds. The van der Waals surface area contributed by atoms with E-state index < -0.39 is 0 Å². The normalized spacial score (nSPS) is 10.6. The minimum Gasteiger partial charge on any atom is -0.336 e. The second-order valence-corrected chi connectivity index (χ2v) is 5.97. The van der Waals surface area contributed by atoms with Crippen LogP contribution in [0.5, 0.6) is 0 Å². The Morgan fingerprint density at radius 3 is 2.77 bits per heavy atom. The van der Waals surface area contributed by atoms with Gasteiger partial charge in [0.2, 0.25) is 0 Å². The first-order valence-electron chi connectivity index (χ1n) is 7.56. The van der Waals surface area contributed by atoms with Crippen LogP contribution in [-0.2, 0) is 11.2 Å². The van der Waals surface area contributed by atoms with Crippen LogP contribution in [0.2, 0.25) is 0 Å². The Labute approximate surface area is 138 Å². The van der Waals surface area contributed by atoms with Crippen LogP contribution in [0.4, 0.5) is 0 Å². The number of nitriles is 1. The van der Waals surface area contributed by atoms with Crippen molar-refractivity contribution in [2.45, 2.75) is 46.0 Å². The summed E-state index contributed by atoms with van der Waals surface area (Å²) >= 11 is 3.56. The second-order valence-electron chi connectivity index (χ2n) is 5.17. The van der Waals surface area contributed by atoms with Crippen molar-refractivity contribution >= 4 is 32.8 Å². The van der Waals surface area contributed by atoms with Gasteiger partial charge < -0.3 is 4.84 Å². The predicted molar refractivity (Wildman–Crippen MR) is 89.5 cm³/mol. The molecular weight excluding hydrogens is 344 g/mol. The maximum Gasteiger partial charge on any atom is 0.332 e. The van der Waals surface area contributed by atoms with E-state index in [1.807, 2.05) is 13.0 Å². The molecule has 0 unspecified atom stereocenters. The first-order chi connectivity index (χ1) is 10.6. The minimum absolute atomic E-state index is 0.225. The first-order valence-corrected chi connectivity index (χ1v) is 8.35. The second kappa shape index (κ2) is 7.46. The van der Waals surface area contributed by atoms with E-state index in [1.165, 1.54) is 0 Å². The molecule has 2 aromatic rings. The molecule has 1 heterocycles. The minimum atomic E-state index is -0.225. The quantitative estimate of drug-likeness (QED) is 0.716. The number of halogens is 1. The molecule has 0 saturated heterocycles. The highest BCUT2D eigenvalue weighted by Gasteiger charge is 2.18. The van der Waals surface area contributed by atoms with Gasteiger partial charge in [0.1, 0.15) is 0 Å². The molecule has 4 nitrogen and oxygen atoms in total. The number of benzene rings is 1. The summed E-state index contributed by atoms with van der Waals surface area (Å²) in [7, 11) is 0. The molecular formula is C17H19BrN2O2. The lowest BCUT2D eigenvalue weighted by Gasteiger charge is -2.09. The van der Waals surface area contributed by atoms with Crippen LogP contribution in [0.25, 0.3) is 10.9 Å². The van der Waals surface area contributed by atoms with Crippen molar-refractivity contribution in [2.24, 2.45) is 0 Å². The SMILES string of the molecule is CCCCCC(=O)On1c(CC)c(Br)c2cc(C#N)ccc21. The van der Waals surface area contributed by atoms with Gasteiger partial charge in [0.15, 0.2) is 0 Å². The lowest BCUT2D eigenvalue weighted by Crippen LogP contribution is -2.21. The fraction of sp³-hybridized carbons (Fsp3) is 0.412. The van der Waals surface area contributed by atoms with Crippen LogP contribution in [0.3, 0.4) is 0 Å². The van der Waals surface area contributed by atoms with Crippen molar-refractivity contribution in [1.82, 2.24) is 4.73 Å². The van der Waals surface area contributed by atoms with Gasteiger partial charge in [-0.1, -0.05) is 26.7 Å². The van der Waals surface area contributed by atoms with Crippen molar-refractivity contribution in [3.8, 4) is 6.07 Å². The average Bonchev–Trinajstić information content (AvgIpc) is 2.79. The Balaban J connectivity index is 2.36. The molecule has 2 rings (SSSR count). The zero-order valence-corrected chi connectivity index (χ0v) is 14.4. The van der Waals surface area contributed by atoms with E-state index in [-0.39, 0.29) is 5.97 Å². The lowest BCUT2D eigenvalue weighted by atomic mass is 10.2. The summed E-state index contributed by atoms with van der Waals surface area (Å²) in [5.41, 5.74) is 2.28. The zero-order chi connectivity index (χ0) is 16.1. The average molecular weight is 363 g/mol. The van der Waals surface area contributed by atoms with E-state index in [4.69, 9.17) is 10.1 Å². The number of carbonyl (C=O) groups is 1. The number of rotatable bonds is 6. The van der Waals surface area contributed by atoms with Gasteiger partial charge in [-0.2, -0.15) is 9.99 Å². The topological polar surface area (TPSA) is 55.0 Å². The van der Waals surface area contributed by atoms with Crippen molar-refractivity contribution in [3.63, 3.8) is 0 Å². The summed E-state index contributed by atoms with van der Waals surface area (Å²) in [5.74, 6) is -0.225. The van der Waals surface area contributed by atoms with E-state index in [2.05, 4.69) is 28.9 Å². The molecule has 0 saturated carbocycles. The number of hydrogen-bond donors (Lipinski definition) is 0. The van der Waals surface area contributed by atoms with Crippen LogP contribution in [-0.4, -0.2) is 10.7 Å². The highest BCUT2D eigenvalue weighted by molar-refractivity contribution is 9.10. The van der Waals surface area contributed by atoms with E-state index in [9.17, 15) is 4.79 Å². The Morgan fingerprint density at radius 2 is 2.14 bits per heavy atom. The molecule has 5 heteroatoms. The lowest BCUT2D eigenvalue weighted by molar-refractivity contribution is -0.144. The molecule has 0 bridgehead atoms. The number of aromatic nitrogens is 1. The van der Waals surface area contributed by atoms with Crippen LogP contribution in [0.15, 0.2) is 22.7 Å². The third-order valence-electron chi connectivity index (χ3n) is 3.59. The van der Waals surface area contributed by atoms with Gasteiger partial charge in [-0.15, -0.1) is 0 Å². The molecule has 0 N–H and O–H groups in total. The Bertz CT molecular complexity index is 728. The van der Waals surface area contributed by atoms with Gasteiger partial charge in [-0.25, -0.2) is 4.79 Å². The molecule has 0 fully saturated rings. The molecule has 116 valence electrons. The monoisotopic (exact) mass is 362 g/mol. The summed E-state index contributed by atoms with van der Waals surface area (Å²) in [6.45, 7) is 4.11. The summed E-state index contributed by atoms with van der Waals surface area (Å²) in [6.07, 6.45) is 4.08. The molecule has 0 aliphatic heterocycles. The number of hydrogen-bond acceptors (Lipinski definition) is 3. The van der Waals surface area contributed by atoms with E-state index >= 15 is 0 Å². The van der Waals surface area contributed by atoms with Crippen molar-refractivity contribution in [3.05, 3.63) is 33.9 Å². The molecule has 0 spiro atoms. The molecule has 1 aromatic carbocycles. The van der Waals surface area contributed by atoms with Crippen molar-refractivity contribution in [2.75, 3.05) is 0 Å². The van der Waals surface area contributed by atoms with Crippen LogP contribution in [0, 0.1) is 11.3 Å². The largest absolute Gasteiger partial charge is 0.336 e. The van der Waals surface area contributed by atoms with Crippen LogP contribution >= 0.6 is 15.9 Å². The van der Waals surface area contributed by atoms with Gasteiger partial charge in [0, 0.05) is 16.3 Å². The molecule has 1 aromatic heterocycles. The molecule has 0 radical (unpaired) electrons. The number of fused-ring (bicyclic) bond motifs is 1. The van der Waals surface area contributed by atoms with Gasteiger partial charge in [-0.05, 0) is 47.0 Å². The maximum absolute atomic E-state index is 12.0. The van der Waals surface area contributed by atoms with E-state index in [0.29, 0.717) is 12.0 Å². The van der Waals surface area contributed by atoms with E-state index in [0.717, 1.165) is 46.8 Å². The van der Waals surface area contributed by atoms with E-state index in [1.54, 1.807) is 16.9 Å². The fourth-order valence-electron chi connectivity index (χ4n) is 2.42. The van der Waals surface area contributed by atoms with Crippen LogP contribution in [0.1, 0.15) is 50.8 Å². The van der Waals surface area contributed by atoms with Crippen molar-refractivity contribution in [1.29, 1.82) is 5.26 Å². The standard InChI is InChI=1S/C17H19BrN2O2/c1-3-5-6-7-16(21)22-20-14(4-2)17(18)13-10-12(11-19)8-9-15(13)20/h8-10H,3-7H2,1-2H3. The van der Waals surface area contributed by atoms with Crippen molar-refractivity contribution < 1.29 is 9.63 Å². The highest BCUT2D eigenvalue weighted by atomic mass is 79.9. The number of carbonyl (C=O) groups excluding carboxylic acids is 1. The van der Waals surface area contributed by atoms with Gasteiger partial charge in [0.05, 0.1) is 22.8 Å². The molecule has 0 aliphatic carbocycles. The molecule has 22 heavy (non-hydrogen) atoms. The zero-order valence-electron chi connectivity index (χ0n) is 12.9. The first kappa shape index (κ1) is 16.6. The number of unbranched alkanes of at least 4 members (excludes halogenated alkanes) is 2. The third kappa shape index (κ3) is 3.33. The molecule has 0 atom stereocenters. The summed E-state index contributed by atoms with van der Waals surface area (Å²) in [6, 6.07) is 7.48. The van der Waals surface area contributed by atoms with Gasteiger partial charge in [0.25, 0.3) is 0 Å². The summed E-state index contributed by atoms with van der Waals surface area (Å²) in [5, 5.41) is 9.92. The van der Waals surface area contributed by atoms with Gasteiger partial charge >= 0.3 is 5.97 Å². The third-order valence-corrected chi connectivity index (χ3v) is 4.48. The Kier molecular flexibility index (Phi) is 5.62. The summed E-state index contributed by atoms with van der Waals surface area (Å²) in [4.78, 5) is 17.6.